The number of nitrogens with two attached hydrogens (primary N) is 1. The summed E-state index contributed by atoms with van der Waals surface area (Å²) in [4.78, 5) is 11.6. The van der Waals surface area contributed by atoms with Gasteiger partial charge in [0.05, 0.1) is 8.80 Å². The molecule has 18 heavy (non-hydrogen) atoms. The molecule has 1 aromatic carbocycles. The van der Waals surface area contributed by atoms with Gasteiger partial charge in [0, 0.05) is 5.56 Å². The predicted octanol–water partition coefficient (Wildman–Crippen LogP) is 2.40. The fourth-order valence-electron chi connectivity index (χ4n) is 2.51. The second-order valence-corrected chi connectivity index (χ2v) is 7.39. The third-order valence-corrected chi connectivity index (χ3v) is 4.98. The Labute approximate surface area is 110 Å². The van der Waals surface area contributed by atoms with E-state index in [2.05, 4.69) is 38.2 Å². The molecule has 0 saturated heterocycles. The average Bonchev–Trinajstić information content (AvgIpc) is 2.80. The maximum atomic E-state index is 11.6. The summed E-state index contributed by atoms with van der Waals surface area (Å²) in [6, 6.07) is 3.95. The Morgan fingerprint density at radius 3 is 2.56 bits per heavy atom. The van der Waals surface area contributed by atoms with Gasteiger partial charge in [-0.2, -0.15) is 0 Å². The highest BCUT2D eigenvalue weighted by molar-refractivity contribution is 6.71. The van der Waals surface area contributed by atoms with E-state index in [1.165, 1.54) is 16.3 Å². The molecule has 2 nitrogen and oxygen atoms in total. The van der Waals surface area contributed by atoms with E-state index >= 15 is 0 Å². The zero-order chi connectivity index (χ0) is 13.3. The molecule has 1 amide bonds. The van der Waals surface area contributed by atoms with Crippen LogP contribution in [0.15, 0.2) is 30.4 Å². The van der Waals surface area contributed by atoms with Crippen LogP contribution in [-0.4, -0.2) is 14.7 Å². The van der Waals surface area contributed by atoms with Crippen molar-refractivity contribution in [2.75, 3.05) is 0 Å². The summed E-state index contributed by atoms with van der Waals surface area (Å²) in [5.74, 6) is -0.339. The van der Waals surface area contributed by atoms with Gasteiger partial charge in [0.1, 0.15) is 0 Å². The zero-order valence-corrected chi connectivity index (χ0v) is 12.1. The van der Waals surface area contributed by atoms with Gasteiger partial charge in [-0.05, 0) is 36.1 Å². The molecule has 1 aliphatic rings. The van der Waals surface area contributed by atoms with Crippen LogP contribution in [-0.2, 0) is 0 Å². The van der Waals surface area contributed by atoms with Gasteiger partial charge < -0.3 is 5.73 Å². The van der Waals surface area contributed by atoms with Gasteiger partial charge in [-0.1, -0.05) is 42.6 Å². The standard InChI is InChI=1S/C15H18NOSi/c1-10-13(18(2)3)9-8-12(15(16)17)14(10)11-6-4-5-7-11/h4-6,8-9H,7H2,1-3H3,(H2,16,17). The topological polar surface area (TPSA) is 43.1 Å². The number of carbonyl (C=O) groups excluding carboxylic acids is 1. The van der Waals surface area contributed by atoms with Crippen LogP contribution in [0.3, 0.4) is 0 Å². The zero-order valence-electron chi connectivity index (χ0n) is 11.1. The van der Waals surface area contributed by atoms with Crippen molar-refractivity contribution >= 4 is 25.5 Å². The molecular weight excluding hydrogens is 238 g/mol. The maximum absolute atomic E-state index is 11.6. The second kappa shape index (κ2) is 4.94. The maximum Gasteiger partial charge on any atom is 0.249 e. The van der Waals surface area contributed by atoms with E-state index < -0.39 is 8.80 Å². The quantitative estimate of drug-likeness (QED) is 0.829. The van der Waals surface area contributed by atoms with Crippen LogP contribution in [0.5, 0.6) is 0 Å². The second-order valence-electron chi connectivity index (χ2n) is 4.85. The molecule has 0 atom stereocenters. The molecule has 0 heterocycles. The molecule has 2 rings (SSSR count). The van der Waals surface area contributed by atoms with Crippen LogP contribution in [0.2, 0.25) is 13.1 Å². The van der Waals surface area contributed by atoms with E-state index in [0.717, 1.165) is 12.0 Å². The van der Waals surface area contributed by atoms with Gasteiger partial charge in [0.25, 0.3) is 0 Å². The molecule has 3 heteroatoms. The van der Waals surface area contributed by atoms with Crippen LogP contribution in [0, 0.1) is 6.92 Å². The molecule has 1 aliphatic carbocycles. The summed E-state index contributed by atoms with van der Waals surface area (Å²) in [6.07, 6.45) is 7.11. The summed E-state index contributed by atoms with van der Waals surface area (Å²) in [7, 11) is -0.535. The number of benzene rings is 1. The van der Waals surface area contributed by atoms with E-state index in [9.17, 15) is 4.79 Å². The molecule has 93 valence electrons. The lowest BCUT2D eigenvalue weighted by molar-refractivity contribution is 0.1000. The van der Waals surface area contributed by atoms with Gasteiger partial charge in [0.2, 0.25) is 5.91 Å². The van der Waals surface area contributed by atoms with Gasteiger partial charge in [-0.25, -0.2) is 0 Å². The molecule has 0 bridgehead atoms. The van der Waals surface area contributed by atoms with Crippen LogP contribution >= 0.6 is 0 Å². The minimum absolute atomic E-state index is 0.339. The Kier molecular flexibility index (Phi) is 3.52. The summed E-state index contributed by atoms with van der Waals surface area (Å²) >= 11 is 0. The van der Waals surface area contributed by atoms with Gasteiger partial charge in [-0.3, -0.25) is 4.79 Å². The summed E-state index contributed by atoms with van der Waals surface area (Å²) in [5, 5.41) is 1.38. The monoisotopic (exact) mass is 256 g/mol. The molecule has 0 spiro atoms. The van der Waals surface area contributed by atoms with Crippen molar-refractivity contribution in [2.24, 2.45) is 5.73 Å². The highest BCUT2D eigenvalue weighted by Crippen LogP contribution is 2.28. The molecule has 0 unspecified atom stereocenters. The summed E-state index contributed by atoms with van der Waals surface area (Å²) < 4.78 is 0. The molecule has 1 radical (unpaired) electrons. The highest BCUT2D eigenvalue weighted by Gasteiger charge is 2.18. The van der Waals surface area contributed by atoms with E-state index in [1.54, 1.807) is 0 Å². The van der Waals surface area contributed by atoms with Crippen molar-refractivity contribution < 1.29 is 4.79 Å². The smallest absolute Gasteiger partial charge is 0.249 e. The minimum atomic E-state index is -0.535. The number of hydrogen-bond acceptors (Lipinski definition) is 1. The van der Waals surface area contributed by atoms with Crippen molar-refractivity contribution in [2.45, 2.75) is 26.4 Å². The first-order chi connectivity index (χ1) is 8.52. The Balaban J connectivity index is 2.65. The molecule has 0 aliphatic heterocycles. The van der Waals surface area contributed by atoms with Crippen molar-refractivity contribution in [1.82, 2.24) is 0 Å². The number of carbonyl (C=O) groups is 1. The van der Waals surface area contributed by atoms with Crippen molar-refractivity contribution in [3.63, 3.8) is 0 Å². The van der Waals surface area contributed by atoms with Crippen molar-refractivity contribution in [1.29, 1.82) is 0 Å². The number of allylic oxidation sites excluding steroid dienone is 4. The molecule has 0 aromatic heterocycles. The number of hydrogen-bond donors (Lipinski definition) is 1. The third kappa shape index (κ3) is 2.18. The fraction of sp³-hybridized carbons (Fsp3) is 0.267. The first-order valence-electron chi connectivity index (χ1n) is 6.12. The van der Waals surface area contributed by atoms with E-state index in [4.69, 9.17) is 5.73 Å². The Bertz CT molecular complexity index is 556. The van der Waals surface area contributed by atoms with E-state index in [-0.39, 0.29) is 5.91 Å². The van der Waals surface area contributed by atoms with Crippen molar-refractivity contribution in [3.8, 4) is 0 Å². The lowest BCUT2D eigenvalue weighted by Gasteiger charge is -2.17. The Morgan fingerprint density at radius 2 is 2.06 bits per heavy atom. The molecule has 2 N–H and O–H groups in total. The highest BCUT2D eigenvalue weighted by atomic mass is 28.3. The molecule has 0 saturated carbocycles. The largest absolute Gasteiger partial charge is 0.366 e. The Morgan fingerprint density at radius 1 is 1.33 bits per heavy atom. The molecule has 1 aromatic rings. The normalized spacial score (nSPS) is 14.1. The third-order valence-electron chi connectivity index (χ3n) is 3.36. The van der Waals surface area contributed by atoms with Gasteiger partial charge in [-0.15, -0.1) is 0 Å². The fourth-order valence-corrected chi connectivity index (χ4v) is 3.80. The summed E-state index contributed by atoms with van der Waals surface area (Å²) in [5.41, 5.74) is 9.62. The van der Waals surface area contributed by atoms with Gasteiger partial charge >= 0.3 is 0 Å². The Hall–Kier alpha value is -1.61. The summed E-state index contributed by atoms with van der Waals surface area (Å²) in [6.45, 7) is 6.64. The van der Waals surface area contributed by atoms with Crippen LogP contribution in [0.4, 0.5) is 0 Å². The van der Waals surface area contributed by atoms with Crippen LogP contribution < -0.4 is 10.9 Å². The lowest BCUT2D eigenvalue weighted by atomic mass is 9.94. The molecular formula is C15H18NOSi. The first kappa shape index (κ1) is 12.8. The minimum Gasteiger partial charge on any atom is -0.366 e. The average molecular weight is 256 g/mol. The SMILES string of the molecule is Cc1c([Si](C)C)ccc(C(N)=O)c1C1=CC=CC1. The number of primary amides is 1. The van der Waals surface area contributed by atoms with Gasteiger partial charge in [0.15, 0.2) is 0 Å². The number of amides is 1. The van der Waals surface area contributed by atoms with Crippen LogP contribution in [0.25, 0.3) is 5.57 Å². The van der Waals surface area contributed by atoms with Crippen molar-refractivity contribution in [3.05, 3.63) is 47.1 Å². The predicted molar refractivity (Wildman–Crippen MR) is 78.5 cm³/mol. The van der Waals surface area contributed by atoms with E-state index in [0.29, 0.717) is 5.56 Å². The molecule has 0 fully saturated rings. The van der Waals surface area contributed by atoms with Crippen LogP contribution in [0.1, 0.15) is 27.9 Å². The first-order valence-corrected chi connectivity index (χ1v) is 8.62. The van der Waals surface area contributed by atoms with E-state index in [1.807, 2.05) is 12.1 Å². The lowest BCUT2D eigenvalue weighted by Crippen LogP contribution is -2.28. The number of rotatable bonds is 3.